The number of aliphatic carboxylic acids is 1. The van der Waals surface area contributed by atoms with Crippen LogP contribution in [0.5, 0.6) is 5.75 Å². The number of carbonyl (C=O) groups excluding carboxylic acids is 3. The molecule has 16 heteroatoms. The molecule has 1 aromatic heterocycles. The highest BCUT2D eigenvalue weighted by Gasteiger charge is 2.55. The highest BCUT2D eigenvalue weighted by Crippen LogP contribution is 2.44. The Morgan fingerprint density at radius 1 is 1.20 bits per heavy atom. The molecule has 2 aromatic rings. The number of nitrogens with one attached hydrogen (secondary N) is 2. The van der Waals surface area contributed by atoms with Gasteiger partial charge in [-0.25, -0.2) is 9.89 Å². The number of phenols is 1. The van der Waals surface area contributed by atoms with Gasteiger partial charge in [0.25, 0.3) is 5.91 Å². The number of hydrogen-bond acceptors (Lipinski definition) is 11. The van der Waals surface area contributed by atoms with Crippen LogP contribution in [-0.4, -0.2) is 99.8 Å². The van der Waals surface area contributed by atoms with E-state index in [4.69, 9.17) is 5.73 Å². The quantitative estimate of drug-likeness (QED) is 0.131. The molecule has 3 unspecified atom stereocenters. The zero-order valence-corrected chi connectivity index (χ0v) is 26.3. The van der Waals surface area contributed by atoms with Crippen LogP contribution in [-0.2, 0) is 19.2 Å². The van der Waals surface area contributed by atoms with Crippen molar-refractivity contribution in [1.82, 2.24) is 35.7 Å². The third kappa shape index (κ3) is 7.71. The number of β-lactam (4-membered cyclic amide) rings is 1. The van der Waals surface area contributed by atoms with E-state index in [0.29, 0.717) is 35.8 Å². The number of tetrazole rings is 1. The molecule has 0 saturated carbocycles. The molecule has 4 atom stereocenters. The maximum atomic E-state index is 13.3. The van der Waals surface area contributed by atoms with Gasteiger partial charge >= 0.3 is 5.97 Å². The zero-order chi connectivity index (χ0) is 31.8. The number of nitrogens with zero attached hydrogens (tertiary/aromatic N) is 5. The van der Waals surface area contributed by atoms with Crippen LogP contribution in [0.1, 0.15) is 64.0 Å². The first-order chi connectivity index (χ1) is 21.2. The number of aromatic nitrogens is 4. The number of phenolic OH excluding ortho intramolecular Hbond substituents is 1. The predicted octanol–water partition coefficient (Wildman–Crippen LogP) is 2.01. The topological polar surface area (TPSA) is 208 Å². The van der Waals surface area contributed by atoms with Crippen molar-refractivity contribution in [2.75, 3.05) is 18.8 Å². The molecule has 1 fully saturated rings. The SMILES string of the molecule is CCCCN(CCCC)C(=O)CCC(Sc1nnn[nH]1)C1=C(C(=O)O)N2C(=O)C(NC(=O)C(N)c3ccc(O)cc3)[C@@H]2SC1. The summed E-state index contributed by atoms with van der Waals surface area (Å²) in [7, 11) is 0. The number of unbranched alkanes of at least 4 members (excludes halogenated alkanes) is 2. The molecular formula is C28H38N8O6S2. The number of benzene rings is 1. The average molecular weight is 647 g/mol. The van der Waals surface area contributed by atoms with Gasteiger partial charge < -0.3 is 26.2 Å². The Kier molecular flexibility index (Phi) is 11.6. The van der Waals surface area contributed by atoms with Crippen molar-refractivity contribution in [1.29, 1.82) is 0 Å². The Labute approximate surface area is 263 Å². The molecule has 0 aliphatic carbocycles. The van der Waals surface area contributed by atoms with Crippen molar-refractivity contribution in [2.45, 2.75) is 80.2 Å². The van der Waals surface area contributed by atoms with Gasteiger partial charge in [0.2, 0.25) is 17.0 Å². The Morgan fingerprint density at radius 2 is 1.89 bits per heavy atom. The summed E-state index contributed by atoms with van der Waals surface area (Å²) in [4.78, 5) is 55.2. The number of H-pyrrole nitrogens is 1. The highest BCUT2D eigenvalue weighted by molar-refractivity contribution is 8.01. The predicted molar refractivity (Wildman–Crippen MR) is 164 cm³/mol. The fourth-order valence-corrected chi connectivity index (χ4v) is 7.63. The second-order valence-corrected chi connectivity index (χ2v) is 12.9. The number of hydrogen-bond donors (Lipinski definition) is 5. The standard InChI is InChI=1S/C28H38N8O6S2/c1-3-5-13-35(14-6-4-2)20(38)12-11-19(44-28-31-33-34-32-28)18-15-43-26-22(25(40)36(26)23(18)27(41)42)30-24(39)21(29)16-7-9-17(37)10-8-16/h7-10,19,21-22,26,37H,3-6,11-15,29H2,1-2H3,(H,30,39)(H,41,42)(H,31,32,33,34)/t19?,21?,22?,26-/m0/s1. The highest BCUT2D eigenvalue weighted by atomic mass is 32.2. The number of thioether (sulfide) groups is 2. The molecule has 0 spiro atoms. The summed E-state index contributed by atoms with van der Waals surface area (Å²) < 4.78 is 0. The van der Waals surface area contributed by atoms with Crippen molar-refractivity contribution in [3.8, 4) is 5.75 Å². The van der Waals surface area contributed by atoms with Gasteiger partial charge in [-0.2, -0.15) is 0 Å². The summed E-state index contributed by atoms with van der Waals surface area (Å²) in [6.45, 7) is 5.49. The molecule has 44 heavy (non-hydrogen) atoms. The van der Waals surface area contributed by atoms with Crippen LogP contribution in [0.15, 0.2) is 40.7 Å². The number of amides is 3. The number of carboxylic acid groups (broad SMARTS) is 1. The third-order valence-corrected chi connectivity index (χ3v) is 10.0. The molecule has 0 bridgehead atoms. The minimum atomic E-state index is -1.27. The van der Waals surface area contributed by atoms with Crippen LogP contribution < -0.4 is 11.1 Å². The van der Waals surface area contributed by atoms with Gasteiger partial charge in [-0.15, -0.1) is 16.9 Å². The van der Waals surface area contributed by atoms with E-state index in [2.05, 4.69) is 39.8 Å². The number of carboxylic acids is 1. The Morgan fingerprint density at radius 3 is 2.48 bits per heavy atom. The molecule has 6 N–H and O–H groups in total. The number of aromatic hydroxyl groups is 1. The van der Waals surface area contributed by atoms with Crippen LogP contribution in [0.25, 0.3) is 0 Å². The molecule has 2 aliphatic rings. The largest absolute Gasteiger partial charge is 0.508 e. The number of rotatable bonds is 16. The molecule has 238 valence electrons. The summed E-state index contributed by atoms with van der Waals surface area (Å²) in [5, 5.41) is 35.5. The molecule has 2 aliphatic heterocycles. The first-order valence-corrected chi connectivity index (χ1v) is 16.5. The summed E-state index contributed by atoms with van der Waals surface area (Å²) >= 11 is 2.55. The van der Waals surface area contributed by atoms with E-state index in [9.17, 15) is 29.4 Å². The molecule has 0 radical (unpaired) electrons. The Hall–Kier alpha value is -3.63. The van der Waals surface area contributed by atoms with Gasteiger partial charge in [-0.1, -0.05) is 50.6 Å². The number of aromatic amines is 1. The Balaban J connectivity index is 1.52. The molecule has 1 saturated heterocycles. The maximum absolute atomic E-state index is 13.3. The summed E-state index contributed by atoms with van der Waals surface area (Å²) in [6.07, 6.45) is 4.25. The number of fused-ring (bicyclic) bond motifs is 1. The minimum Gasteiger partial charge on any atom is -0.508 e. The maximum Gasteiger partial charge on any atom is 0.352 e. The number of nitrogens with two attached hydrogens (primary N) is 1. The third-order valence-electron chi connectivity index (χ3n) is 7.54. The molecule has 14 nitrogen and oxygen atoms in total. The lowest BCUT2D eigenvalue weighted by Gasteiger charge is -2.50. The fraction of sp³-hybridized carbons (Fsp3) is 0.536. The fourth-order valence-electron chi connectivity index (χ4n) is 5.08. The summed E-state index contributed by atoms with van der Waals surface area (Å²) in [6, 6.07) is 3.81. The molecule has 3 heterocycles. The lowest BCUT2D eigenvalue weighted by molar-refractivity contribution is -0.150. The summed E-state index contributed by atoms with van der Waals surface area (Å²) in [5.74, 6) is -2.14. The first kappa shape index (κ1) is 33.3. The molecule has 3 amide bonds. The van der Waals surface area contributed by atoms with E-state index in [1.54, 1.807) is 0 Å². The normalized spacial score (nSPS) is 19.2. The average Bonchev–Trinajstić information content (AvgIpc) is 3.54. The Bertz CT molecular complexity index is 1350. The zero-order valence-electron chi connectivity index (χ0n) is 24.6. The number of carbonyl (C=O) groups is 4. The van der Waals surface area contributed by atoms with E-state index in [-0.39, 0.29) is 29.5 Å². The lowest BCUT2D eigenvalue weighted by Crippen LogP contribution is -2.71. The van der Waals surface area contributed by atoms with Crippen molar-refractivity contribution in [2.24, 2.45) is 5.73 Å². The van der Waals surface area contributed by atoms with Crippen molar-refractivity contribution in [3.63, 3.8) is 0 Å². The van der Waals surface area contributed by atoms with Crippen molar-refractivity contribution >= 4 is 47.2 Å². The lowest BCUT2D eigenvalue weighted by atomic mass is 9.99. The van der Waals surface area contributed by atoms with Gasteiger partial charge in [0.1, 0.15) is 28.9 Å². The second-order valence-electron chi connectivity index (χ2n) is 10.6. The monoisotopic (exact) mass is 646 g/mol. The summed E-state index contributed by atoms with van der Waals surface area (Å²) in [5.41, 5.74) is 6.87. The van der Waals surface area contributed by atoms with Gasteiger partial charge in [-0.3, -0.25) is 19.3 Å². The van der Waals surface area contributed by atoms with Crippen LogP contribution in [0, 0.1) is 0 Å². The minimum absolute atomic E-state index is 0.000204. The van der Waals surface area contributed by atoms with E-state index in [0.717, 1.165) is 25.7 Å². The van der Waals surface area contributed by atoms with E-state index < -0.39 is 40.5 Å². The van der Waals surface area contributed by atoms with Gasteiger partial charge in [0.05, 0.1) is 0 Å². The molecule has 1 aromatic carbocycles. The van der Waals surface area contributed by atoms with E-state index in [1.807, 2.05) is 4.90 Å². The van der Waals surface area contributed by atoms with Crippen molar-refractivity contribution < 1.29 is 29.4 Å². The van der Waals surface area contributed by atoms with Crippen LogP contribution in [0.3, 0.4) is 0 Å². The van der Waals surface area contributed by atoms with E-state index in [1.165, 1.54) is 52.7 Å². The van der Waals surface area contributed by atoms with Gasteiger partial charge in [0.15, 0.2) is 0 Å². The smallest absolute Gasteiger partial charge is 0.352 e. The van der Waals surface area contributed by atoms with Gasteiger partial charge in [0, 0.05) is 30.5 Å². The van der Waals surface area contributed by atoms with Crippen LogP contribution >= 0.6 is 23.5 Å². The first-order valence-electron chi connectivity index (χ1n) is 14.6. The van der Waals surface area contributed by atoms with Crippen LogP contribution in [0.4, 0.5) is 0 Å². The van der Waals surface area contributed by atoms with Crippen molar-refractivity contribution in [3.05, 3.63) is 41.1 Å². The second kappa shape index (κ2) is 15.4. The molecular weight excluding hydrogens is 608 g/mol. The van der Waals surface area contributed by atoms with E-state index >= 15 is 0 Å². The molecule has 4 rings (SSSR count). The van der Waals surface area contributed by atoms with Gasteiger partial charge in [-0.05, 0) is 53.0 Å². The van der Waals surface area contributed by atoms with Crippen LogP contribution in [0.2, 0.25) is 0 Å².